The van der Waals surface area contributed by atoms with Gasteiger partial charge in [0.2, 0.25) is 0 Å². The number of rotatable bonds is 6. The van der Waals surface area contributed by atoms with E-state index in [9.17, 15) is 4.79 Å². The van der Waals surface area contributed by atoms with Gasteiger partial charge in [0, 0.05) is 26.2 Å². The van der Waals surface area contributed by atoms with Gasteiger partial charge in [-0.3, -0.25) is 0 Å². The van der Waals surface area contributed by atoms with E-state index in [1.807, 2.05) is 29.2 Å². The molecule has 1 aliphatic rings. The normalized spacial score (nSPS) is 17.2. The Bertz CT molecular complexity index is 687. The summed E-state index contributed by atoms with van der Waals surface area (Å²) >= 11 is 0. The lowest BCUT2D eigenvalue weighted by atomic mass is 10.1. The van der Waals surface area contributed by atoms with Crippen molar-refractivity contribution >= 4 is 6.03 Å². The molecule has 0 saturated carbocycles. The molecule has 3 rings (SSSR count). The summed E-state index contributed by atoms with van der Waals surface area (Å²) in [6.45, 7) is 6.46. The fourth-order valence-corrected chi connectivity index (χ4v) is 3.18. The van der Waals surface area contributed by atoms with Crippen molar-refractivity contribution in [2.24, 2.45) is 5.92 Å². The first-order chi connectivity index (χ1) is 12.2. The molecule has 2 aromatic rings. The molecule has 2 heterocycles. The van der Waals surface area contributed by atoms with Gasteiger partial charge in [0.15, 0.2) is 0 Å². The van der Waals surface area contributed by atoms with Crippen LogP contribution in [0.4, 0.5) is 4.79 Å². The molecule has 1 aromatic carbocycles. The van der Waals surface area contributed by atoms with Crippen LogP contribution in [-0.4, -0.2) is 63.8 Å². The number of likely N-dealkylation sites (tertiary alicyclic amines) is 1. The summed E-state index contributed by atoms with van der Waals surface area (Å²) in [5, 5.41) is 7.16. The molecule has 1 saturated heterocycles. The van der Waals surface area contributed by atoms with Crippen LogP contribution < -0.4 is 5.32 Å². The van der Waals surface area contributed by atoms with Crippen LogP contribution in [-0.2, 0) is 6.54 Å². The number of benzene rings is 1. The lowest BCUT2D eigenvalue weighted by molar-refractivity contribution is 0.204. The second kappa shape index (κ2) is 8.11. The lowest BCUT2D eigenvalue weighted by Crippen LogP contribution is -2.38. The molecular weight excluding hydrogens is 316 g/mol. The number of nitrogens with zero attached hydrogens (tertiary/aromatic N) is 5. The van der Waals surface area contributed by atoms with Gasteiger partial charge in [-0.2, -0.15) is 5.10 Å². The van der Waals surface area contributed by atoms with Crippen molar-refractivity contribution < 1.29 is 4.79 Å². The van der Waals surface area contributed by atoms with Gasteiger partial charge in [-0.05, 0) is 43.6 Å². The Balaban J connectivity index is 1.50. The van der Waals surface area contributed by atoms with Crippen LogP contribution in [0.3, 0.4) is 0 Å². The van der Waals surface area contributed by atoms with Gasteiger partial charge in [-0.1, -0.05) is 19.1 Å². The largest absolute Gasteiger partial charge is 0.334 e. The highest BCUT2D eigenvalue weighted by molar-refractivity contribution is 5.74. The van der Waals surface area contributed by atoms with E-state index < -0.39 is 0 Å². The van der Waals surface area contributed by atoms with Gasteiger partial charge >= 0.3 is 6.03 Å². The molecule has 0 aliphatic carbocycles. The van der Waals surface area contributed by atoms with E-state index in [2.05, 4.69) is 34.3 Å². The highest BCUT2D eigenvalue weighted by Gasteiger charge is 2.26. The first-order valence-corrected chi connectivity index (χ1v) is 8.81. The molecule has 7 heteroatoms. The summed E-state index contributed by atoms with van der Waals surface area (Å²) in [6.07, 6.45) is 4.25. The van der Waals surface area contributed by atoms with Crippen molar-refractivity contribution in [1.82, 2.24) is 29.9 Å². The molecule has 1 N–H and O–H groups in total. The van der Waals surface area contributed by atoms with Crippen molar-refractivity contribution in [3.63, 3.8) is 0 Å². The molecule has 7 nitrogen and oxygen atoms in total. The highest BCUT2D eigenvalue weighted by atomic mass is 16.2. The van der Waals surface area contributed by atoms with E-state index in [1.54, 1.807) is 11.0 Å². The molecular formula is C18H26N6O. The molecule has 0 unspecified atom stereocenters. The summed E-state index contributed by atoms with van der Waals surface area (Å²) in [7, 11) is 2.13. The minimum absolute atomic E-state index is 0.0211. The number of carbonyl (C=O) groups excluding carboxylic acids is 1. The molecule has 2 amide bonds. The Morgan fingerprint density at radius 3 is 3.08 bits per heavy atom. The maximum absolute atomic E-state index is 12.4. The quantitative estimate of drug-likeness (QED) is 0.868. The van der Waals surface area contributed by atoms with Crippen LogP contribution in [0, 0.1) is 5.92 Å². The van der Waals surface area contributed by atoms with Crippen LogP contribution in [0.15, 0.2) is 36.9 Å². The monoisotopic (exact) mass is 342 g/mol. The predicted molar refractivity (Wildman–Crippen MR) is 96.4 cm³/mol. The molecule has 1 aromatic heterocycles. The zero-order valence-electron chi connectivity index (χ0n) is 14.9. The molecule has 0 bridgehead atoms. The number of urea groups is 1. The van der Waals surface area contributed by atoms with Gasteiger partial charge in [0.05, 0.1) is 5.69 Å². The van der Waals surface area contributed by atoms with Gasteiger partial charge < -0.3 is 15.1 Å². The van der Waals surface area contributed by atoms with Gasteiger partial charge in [0.25, 0.3) is 0 Å². The van der Waals surface area contributed by atoms with Crippen molar-refractivity contribution in [3.05, 3.63) is 42.5 Å². The third-order valence-electron chi connectivity index (χ3n) is 4.72. The van der Waals surface area contributed by atoms with Crippen molar-refractivity contribution in [2.45, 2.75) is 19.9 Å². The number of hydrogen-bond donors (Lipinski definition) is 1. The molecule has 134 valence electrons. The van der Waals surface area contributed by atoms with Crippen LogP contribution in [0.25, 0.3) is 5.69 Å². The molecule has 0 spiro atoms. The molecule has 25 heavy (non-hydrogen) atoms. The Kier molecular flexibility index (Phi) is 5.65. The molecule has 1 fully saturated rings. The second-order valence-electron chi connectivity index (χ2n) is 6.62. The minimum Gasteiger partial charge on any atom is -0.334 e. The van der Waals surface area contributed by atoms with E-state index in [1.165, 1.54) is 6.33 Å². The SMILES string of the molecule is CCN(C)C[C@@H]1CCN(C(=O)NCc2cccc(-n3cncn3)c2)C1. The number of hydrogen-bond acceptors (Lipinski definition) is 4. The van der Waals surface area contributed by atoms with Crippen LogP contribution in [0.1, 0.15) is 18.9 Å². The standard InChI is InChI=1S/C18H26N6O/c1-3-22(2)11-16-7-8-23(12-16)18(25)20-10-15-5-4-6-17(9-15)24-14-19-13-21-24/h4-6,9,13-14,16H,3,7-8,10-12H2,1-2H3,(H,20,25)/t16-/m0/s1. The summed E-state index contributed by atoms with van der Waals surface area (Å²) in [4.78, 5) is 20.6. The van der Waals surface area contributed by atoms with E-state index in [-0.39, 0.29) is 6.03 Å². The minimum atomic E-state index is 0.0211. The fourth-order valence-electron chi connectivity index (χ4n) is 3.18. The van der Waals surface area contributed by atoms with E-state index in [4.69, 9.17) is 0 Å². The number of amides is 2. The average molecular weight is 342 g/mol. The smallest absolute Gasteiger partial charge is 0.317 e. The Morgan fingerprint density at radius 1 is 1.44 bits per heavy atom. The topological polar surface area (TPSA) is 66.3 Å². The van der Waals surface area contributed by atoms with E-state index >= 15 is 0 Å². The summed E-state index contributed by atoms with van der Waals surface area (Å²) < 4.78 is 1.71. The van der Waals surface area contributed by atoms with Crippen molar-refractivity contribution in [3.8, 4) is 5.69 Å². The zero-order chi connectivity index (χ0) is 17.6. The first kappa shape index (κ1) is 17.4. The van der Waals surface area contributed by atoms with Crippen LogP contribution in [0.2, 0.25) is 0 Å². The van der Waals surface area contributed by atoms with E-state index in [0.717, 1.165) is 43.9 Å². The summed E-state index contributed by atoms with van der Waals surface area (Å²) in [5.74, 6) is 0.575. The molecule has 1 atom stereocenters. The maximum atomic E-state index is 12.4. The predicted octanol–water partition coefficient (Wildman–Crippen LogP) is 1.75. The number of carbonyl (C=O) groups is 1. The van der Waals surface area contributed by atoms with Crippen LogP contribution >= 0.6 is 0 Å². The van der Waals surface area contributed by atoms with Crippen molar-refractivity contribution in [1.29, 1.82) is 0 Å². The molecule has 0 radical (unpaired) electrons. The van der Waals surface area contributed by atoms with Gasteiger partial charge in [-0.25, -0.2) is 14.5 Å². The molecule has 1 aliphatic heterocycles. The second-order valence-corrected chi connectivity index (χ2v) is 6.62. The van der Waals surface area contributed by atoms with E-state index in [0.29, 0.717) is 12.5 Å². The first-order valence-electron chi connectivity index (χ1n) is 8.81. The average Bonchev–Trinajstić information content (AvgIpc) is 3.32. The Hall–Kier alpha value is -2.41. The Labute approximate surface area is 148 Å². The van der Waals surface area contributed by atoms with Crippen molar-refractivity contribution in [2.75, 3.05) is 33.2 Å². The Morgan fingerprint density at radius 2 is 2.32 bits per heavy atom. The maximum Gasteiger partial charge on any atom is 0.317 e. The third kappa shape index (κ3) is 4.57. The lowest BCUT2D eigenvalue weighted by Gasteiger charge is -2.20. The number of aromatic nitrogens is 3. The van der Waals surface area contributed by atoms with Crippen LogP contribution in [0.5, 0.6) is 0 Å². The summed E-state index contributed by atoms with van der Waals surface area (Å²) in [5.41, 5.74) is 1.98. The van der Waals surface area contributed by atoms with Gasteiger partial charge in [-0.15, -0.1) is 0 Å². The van der Waals surface area contributed by atoms with Gasteiger partial charge in [0.1, 0.15) is 12.7 Å². The fraction of sp³-hybridized carbons (Fsp3) is 0.500. The summed E-state index contributed by atoms with van der Waals surface area (Å²) in [6, 6.07) is 7.97. The highest BCUT2D eigenvalue weighted by Crippen LogP contribution is 2.17. The third-order valence-corrected chi connectivity index (χ3v) is 4.72. The number of nitrogens with one attached hydrogen (secondary N) is 1. The zero-order valence-corrected chi connectivity index (χ0v) is 14.9.